The summed E-state index contributed by atoms with van der Waals surface area (Å²) < 4.78 is 12.0. The fraction of sp³-hybridized carbons (Fsp3) is 0.464. The number of nitrogens with zero attached hydrogens (tertiary/aromatic N) is 1. The minimum absolute atomic E-state index is 0.0595. The third-order valence-electron chi connectivity index (χ3n) is 6.52. The van der Waals surface area contributed by atoms with Crippen molar-refractivity contribution in [2.24, 2.45) is 11.0 Å². The van der Waals surface area contributed by atoms with Crippen molar-refractivity contribution in [3.63, 3.8) is 0 Å². The number of carbonyl (C=O) groups is 2. The first kappa shape index (κ1) is 27.6. The monoisotopic (exact) mass is 509 g/mol. The van der Waals surface area contributed by atoms with Gasteiger partial charge in [0.2, 0.25) is 5.91 Å². The molecule has 0 spiro atoms. The summed E-state index contributed by atoms with van der Waals surface area (Å²) in [5.74, 6) is -0.490. The molecule has 194 valence electrons. The van der Waals surface area contributed by atoms with Crippen LogP contribution in [0.5, 0.6) is 0 Å². The van der Waals surface area contributed by atoms with Crippen molar-refractivity contribution in [3.05, 3.63) is 60.7 Å². The molecule has 1 aliphatic heterocycles. The second-order valence-corrected chi connectivity index (χ2v) is 16.1. The van der Waals surface area contributed by atoms with E-state index in [4.69, 9.17) is 9.47 Å². The Bertz CT molecular complexity index is 1010. The molecule has 0 radical (unpaired) electrons. The fourth-order valence-corrected chi connectivity index (χ4v) is 9.47. The Balaban J connectivity index is 1.89. The molecule has 1 aliphatic rings. The van der Waals surface area contributed by atoms with Crippen molar-refractivity contribution in [2.75, 3.05) is 12.8 Å². The van der Waals surface area contributed by atoms with Gasteiger partial charge in [-0.3, -0.25) is 4.79 Å². The number of alkyl carbamates (subject to hydrolysis) is 1. The number of hydrogen-bond acceptors (Lipinski definition) is 5. The average Bonchev–Trinajstić information content (AvgIpc) is 2.80. The zero-order valence-corrected chi connectivity index (χ0v) is 23.2. The van der Waals surface area contributed by atoms with Gasteiger partial charge in [-0.25, -0.2) is 10.2 Å². The molecular formula is C28H39N3O4Si. The van der Waals surface area contributed by atoms with Crippen molar-refractivity contribution in [2.45, 2.75) is 64.6 Å². The lowest BCUT2D eigenvalue weighted by molar-refractivity contribution is -0.122. The SMILES string of the molecule is CC(C)(C)OC(=O)N[C@H](COC[Si](c1ccccc1)(c1ccccc1)C(C)(C)C)[C@H]1C=NNC(=O)C1. The average molecular weight is 510 g/mol. The Morgan fingerprint density at radius 1 is 1.03 bits per heavy atom. The third-order valence-corrected chi connectivity index (χ3v) is 12.4. The zero-order chi connectivity index (χ0) is 26.4. The summed E-state index contributed by atoms with van der Waals surface area (Å²) in [6.07, 6.45) is 1.86. The topological polar surface area (TPSA) is 89.0 Å². The molecule has 2 aromatic carbocycles. The number of hydrazone groups is 1. The van der Waals surface area contributed by atoms with E-state index in [1.807, 2.05) is 32.9 Å². The van der Waals surface area contributed by atoms with E-state index in [1.165, 1.54) is 10.4 Å². The summed E-state index contributed by atoms with van der Waals surface area (Å²) in [5, 5.41) is 9.42. The minimum atomic E-state index is -2.44. The Morgan fingerprint density at radius 3 is 2.06 bits per heavy atom. The van der Waals surface area contributed by atoms with Gasteiger partial charge in [0, 0.05) is 24.8 Å². The van der Waals surface area contributed by atoms with Crippen molar-refractivity contribution in [3.8, 4) is 0 Å². The first-order chi connectivity index (χ1) is 16.9. The van der Waals surface area contributed by atoms with Crippen LogP contribution in [0, 0.1) is 5.92 Å². The van der Waals surface area contributed by atoms with Crippen molar-refractivity contribution in [1.29, 1.82) is 0 Å². The molecule has 0 bridgehead atoms. The van der Waals surface area contributed by atoms with E-state index in [-0.39, 0.29) is 29.9 Å². The minimum Gasteiger partial charge on any atom is -0.444 e. The van der Waals surface area contributed by atoms with Crippen LogP contribution in [0.4, 0.5) is 4.79 Å². The molecule has 0 unspecified atom stereocenters. The lowest BCUT2D eigenvalue weighted by atomic mass is 9.97. The molecule has 0 saturated carbocycles. The fourth-order valence-electron chi connectivity index (χ4n) is 4.70. The zero-order valence-electron chi connectivity index (χ0n) is 22.2. The quantitative estimate of drug-likeness (QED) is 0.532. The molecule has 0 aromatic heterocycles. The molecule has 7 nitrogen and oxygen atoms in total. The summed E-state index contributed by atoms with van der Waals surface area (Å²) in [6, 6.07) is 20.7. The maximum atomic E-state index is 12.6. The first-order valence-corrected chi connectivity index (χ1v) is 14.6. The van der Waals surface area contributed by atoms with Crippen molar-refractivity contribution < 1.29 is 19.1 Å². The number of amides is 2. The highest BCUT2D eigenvalue weighted by Crippen LogP contribution is 2.36. The number of hydrogen-bond donors (Lipinski definition) is 2. The summed E-state index contributed by atoms with van der Waals surface area (Å²) in [6.45, 7) is 12.5. The van der Waals surface area contributed by atoms with Gasteiger partial charge in [0.1, 0.15) is 13.7 Å². The number of benzene rings is 2. The van der Waals surface area contributed by atoms with Gasteiger partial charge in [-0.2, -0.15) is 5.10 Å². The summed E-state index contributed by atoms with van der Waals surface area (Å²) in [7, 11) is -2.44. The van der Waals surface area contributed by atoms with E-state index in [2.05, 4.69) is 85.1 Å². The Morgan fingerprint density at radius 2 is 1.58 bits per heavy atom. The van der Waals surface area contributed by atoms with E-state index >= 15 is 0 Å². The predicted octanol–water partition coefficient (Wildman–Crippen LogP) is 3.62. The second-order valence-electron chi connectivity index (χ2n) is 11.3. The van der Waals surface area contributed by atoms with Crippen LogP contribution in [0.3, 0.4) is 0 Å². The highest BCUT2D eigenvalue weighted by atomic mass is 28.3. The van der Waals surface area contributed by atoms with Crippen LogP contribution in [0.25, 0.3) is 0 Å². The number of ether oxygens (including phenoxy) is 2. The third kappa shape index (κ3) is 6.82. The molecule has 8 heteroatoms. The standard InChI is InChI=1S/C28H39N3O4Si/c1-27(2,3)35-26(33)30-24(21-17-25(32)31-29-18-21)19-34-20-36(28(4,5)6,22-13-9-7-10-14-22)23-15-11-8-12-16-23/h7-16,18,21,24H,17,19-20H2,1-6H3,(H,30,33)(H,31,32)/t21-,24-/m1/s1. The maximum Gasteiger partial charge on any atom is 0.407 e. The Kier molecular flexibility index (Phi) is 8.74. The van der Waals surface area contributed by atoms with Crippen LogP contribution in [0.15, 0.2) is 65.8 Å². The smallest absolute Gasteiger partial charge is 0.407 e. The summed E-state index contributed by atoms with van der Waals surface area (Å²) in [4.78, 5) is 24.7. The molecule has 2 atom stereocenters. The van der Waals surface area contributed by atoms with Crippen LogP contribution in [-0.4, -0.2) is 50.8 Å². The number of rotatable bonds is 8. The maximum absolute atomic E-state index is 12.6. The van der Waals surface area contributed by atoms with Gasteiger partial charge >= 0.3 is 6.09 Å². The van der Waals surface area contributed by atoms with Crippen LogP contribution < -0.4 is 21.1 Å². The van der Waals surface area contributed by atoms with E-state index < -0.39 is 25.8 Å². The molecule has 2 amide bonds. The van der Waals surface area contributed by atoms with Gasteiger partial charge in [0.25, 0.3) is 0 Å². The highest BCUT2D eigenvalue weighted by Gasteiger charge is 2.48. The van der Waals surface area contributed by atoms with Gasteiger partial charge in [-0.15, -0.1) is 0 Å². The van der Waals surface area contributed by atoms with Gasteiger partial charge in [0.15, 0.2) is 0 Å². The molecule has 0 fully saturated rings. The van der Waals surface area contributed by atoms with E-state index in [0.717, 1.165) is 0 Å². The lowest BCUT2D eigenvalue weighted by Crippen LogP contribution is -2.68. The normalized spacial score (nSPS) is 17.3. The van der Waals surface area contributed by atoms with Crippen LogP contribution in [0.2, 0.25) is 5.04 Å². The van der Waals surface area contributed by atoms with E-state index in [0.29, 0.717) is 6.23 Å². The molecule has 3 rings (SSSR count). The molecule has 0 saturated heterocycles. The van der Waals surface area contributed by atoms with Crippen molar-refractivity contribution in [1.82, 2.24) is 10.7 Å². The van der Waals surface area contributed by atoms with E-state index in [1.54, 1.807) is 6.21 Å². The highest BCUT2D eigenvalue weighted by molar-refractivity contribution is 7.04. The molecule has 0 aliphatic carbocycles. The van der Waals surface area contributed by atoms with Crippen LogP contribution >= 0.6 is 0 Å². The van der Waals surface area contributed by atoms with Crippen molar-refractivity contribution >= 4 is 36.7 Å². The first-order valence-electron chi connectivity index (χ1n) is 12.4. The molecule has 2 N–H and O–H groups in total. The number of carbonyl (C=O) groups excluding carboxylic acids is 2. The summed E-state index contributed by atoms with van der Waals surface area (Å²) in [5.41, 5.74) is 1.82. The van der Waals surface area contributed by atoms with Crippen LogP contribution in [-0.2, 0) is 14.3 Å². The van der Waals surface area contributed by atoms with Gasteiger partial charge < -0.3 is 14.8 Å². The predicted molar refractivity (Wildman–Crippen MR) is 146 cm³/mol. The van der Waals surface area contributed by atoms with Crippen LogP contribution in [0.1, 0.15) is 48.0 Å². The second kappa shape index (κ2) is 11.4. The Labute approximate surface area is 215 Å². The molecule has 2 aromatic rings. The number of nitrogens with one attached hydrogen (secondary N) is 2. The molecule has 1 heterocycles. The van der Waals surface area contributed by atoms with E-state index in [9.17, 15) is 9.59 Å². The summed E-state index contributed by atoms with van der Waals surface area (Å²) >= 11 is 0. The Hall–Kier alpha value is -2.97. The van der Waals surface area contributed by atoms with Gasteiger partial charge in [-0.1, -0.05) is 91.8 Å². The van der Waals surface area contributed by atoms with Gasteiger partial charge in [0.05, 0.1) is 12.6 Å². The largest absolute Gasteiger partial charge is 0.444 e. The van der Waals surface area contributed by atoms with Gasteiger partial charge in [-0.05, 0) is 25.8 Å². The molecule has 36 heavy (non-hydrogen) atoms. The molecular weight excluding hydrogens is 470 g/mol. The lowest BCUT2D eigenvalue weighted by Gasteiger charge is -2.44.